The lowest BCUT2D eigenvalue weighted by Gasteiger charge is -2.08. The van der Waals surface area contributed by atoms with Gasteiger partial charge in [0.25, 0.3) is 5.91 Å². The first-order chi connectivity index (χ1) is 15.7. The van der Waals surface area contributed by atoms with Gasteiger partial charge in [0.15, 0.2) is 5.82 Å². The third-order valence-corrected chi connectivity index (χ3v) is 5.31. The summed E-state index contributed by atoms with van der Waals surface area (Å²) in [6.45, 7) is 1.24. The highest BCUT2D eigenvalue weighted by Crippen LogP contribution is 2.29. The van der Waals surface area contributed by atoms with Gasteiger partial charge in [-0.3, -0.25) is 14.6 Å². The summed E-state index contributed by atoms with van der Waals surface area (Å²) in [6, 6.07) is 5.25. The smallest absolute Gasteiger partial charge is 0.344 e. The molecular weight excluding hydrogens is 459 g/mol. The lowest BCUT2D eigenvalue weighted by atomic mass is 10.1. The number of pyridine rings is 1. The van der Waals surface area contributed by atoms with Crippen molar-refractivity contribution in [2.75, 3.05) is 5.32 Å². The van der Waals surface area contributed by atoms with Gasteiger partial charge in [-0.2, -0.15) is 18.3 Å². The number of unbranched alkanes of at least 4 members (excludes halogenated alkanes) is 1. The molecule has 0 spiro atoms. The van der Waals surface area contributed by atoms with Gasteiger partial charge in [-0.05, 0) is 43.5 Å². The molecule has 0 aliphatic carbocycles. The van der Waals surface area contributed by atoms with E-state index in [1.54, 1.807) is 12.1 Å². The number of nitrogens with one attached hydrogen (secondary N) is 2. The zero-order valence-electron chi connectivity index (χ0n) is 17.5. The van der Waals surface area contributed by atoms with Gasteiger partial charge in [0.05, 0.1) is 23.5 Å². The van der Waals surface area contributed by atoms with Crippen LogP contribution in [0.2, 0.25) is 0 Å². The second-order valence-corrected chi connectivity index (χ2v) is 8.08. The Balaban J connectivity index is 1.42. The molecular formula is C20H20F3N7O2S. The normalized spacial score (nSPS) is 11.3. The van der Waals surface area contributed by atoms with Gasteiger partial charge in [-0.15, -0.1) is 15.3 Å². The Labute approximate surface area is 190 Å². The molecule has 0 fully saturated rings. The summed E-state index contributed by atoms with van der Waals surface area (Å²) in [4.78, 5) is 27.0. The van der Waals surface area contributed by atoms with Crippen LogP contribution in [0.5, 0.6) is 0 Å². The van der Waals surface area contributed by atoms with E-state index in [1.165, 1.54) is 6.92 Å². The van der Waals surface area contributed by atoms with E-state index < -0.39 is 17.6 Å². The van der Waals surface area contributed by atoms with Crippen molar-refractivity contribution in [1.29, 1.82) is 0 Å². The Morgan fingerprint density at radius 3 is 2.48 bits per heavy atom. The fourth-order valence-corrected chi connectivity index (χ4v) is 3.56. The van der Waals surface area contributed by atoms with E-state index in [4.69, 9.17) is 0 Å². The number of carbonyl (C=O) groups is 2. The third kappa shape index (κ3) is 7.56. The first-order valence-electron chi connectivity index (χ1n) is 9.93. The van der Waals surface area contributed by atoms with Crippen LogP contribution in [-0.2, 0) is 30.4 Å². The topological polar surface area (TPSA) is 123 Å². The minimum Gasteiger partial charge on any atom is -0.344 e. The van der Waals surface area contributed by atoms with E-state index in [-0.39, 0.29) is 23.2 Å². The summed E-state index contributed by atoms with van der Waals surface area (Å²) in [5, 5.41) is 21.7. The van der Waals surface area contributed by atoms with Gasteiger partial charge >= 0.3 is 6.18 Å². The fraction of sp³-hybridized carbons (Fsp3) is 0.350. The standard InChI is InChI=1S/C20H20F3N7O2S/c1-12(31)26-16-7-6-14(27-28-16)4-2-3-5-17-29-30-19(33-17)18(32)25-11-15-10-13(8-9-24-15)20(21,22)23/h6-10H,2-5,11H2,1H3,(H,25,32)(H,26,28,31). The average molecular weight is 479 g/mol. The SMILES string of the molecule is CC(=O)Nc1ccc(CCCCc2nnc(C(=O)NCc3cc(C(F)(F)F)ccn3)s2)nn1. The third-order valence-electron chi connectivity index (χ3n) is 4.33. The quantitative estimate of drug-likeness (QED) is 0.452. The maximum absolute atomic E-state index is 12.8. The van der Waals surface area contributed by atoms with Gasteiger partial charge in [0.2, 0.25) is 10.9 Å². The number of carbonyl (C=O) groups excluding carboxylic acids is 2. The van der Waals surface area contributed by atoms with E-state index >= 15 is 0 Å². The number of aromatic nitrogens is 5. The van der Waals surface area contributed by atoms with Crippen molar-refractivity contribution in [2.24, 2.45) is 0 Å². The maximum Gasteiger partial charge on any atom is 0.416 e. The van der Waals surface area contributed by atoms with E-state index in [0.717, 1.165) is 48.2 Å². The number of aryl methyl sites for hydroxylation is 2. The summed E-state index contributed by atoms with van der Waals surface area (Å²) in [6.07, 6.45) is -0.494. The largest absolute Gasteiger partial charge is 0.416 e. The number of nitrogens with zero attached hydrogens (tertiary/aromatic N) is 5. The van der Waals surface area contributed by atoms with E-state index in [9.17, 15) is 22.8 Å². The first kappa shape index (κ1) is 24.2. The summed E-state index contributed by atoms with van der Waals surface area (Å²) < 4.78 is 38.3. The van der Waals surface area contributed by atoms with E-state index in [2.05, 4.69) is 36.0 Å². The zero-order chi connectivity index (χ0) is 23.8. The molecule has 0 aliphatic heterocycles. The molecule has 3 rings (SSSR count). The van der Waals surface area contributed by atoms with Gasteiger partial charge in [-0.25, -0.2) is 0 Å². The molecule has 0 atom stereocenters. The van der Waals surface area contributed by atoms with Crippen LogP contribution in [0.25, 0.3) is 0 Å². The average Bonchev–Trinajstić information content (AvgIpc) is 3.24. The Kier molecular flexibility index (Phi) is 7.98. The van der Waals surface area contributed by atoms with Crippen molar-refractivity contribution in [3.05, 3.63) is 57.4 Å². The first-order valence-corrected chi connectivity index (χ1v) is 10.8. The van der Waals surface area contributed by atoms with Crippen molar-refractivity contribution in [2.45, 2.75) is 45.3 Å². The molecule has 9 nitrogen and oxygen atoms in total. The fourth-order valence-electron chi connectivity index (χ4n) is 2.77. The van der Waals surface area contributed by atoms with Crippen LogP contribution in [0.3, 0.4) is 0 Å². The Hall–Kier alpha value is -3.48. The number of halogens is 3. The highest BCUT2D eigenvalue weighted by Gasteiger charge is 2.30. The van der Waals surface area contributed by atoms with Crippen molar-refractivity contribution < 1.29 is 22.8 Å². The lowest BCUT2D eigenvalue weighted by molar-refractivity contribution is -0.137. The Morgan fingerprint density at radius 1 is 1.00 bits per heavy atom. The van der Waals surface area contributed by atoms with Crippen molar-refractivity contribution in [3.8, 4) is 0 Å². The molecule has 0 unspecified atom stereocenters. The molecule has 0 saturated carbocycles. The van der Waals surface area contributed by atoms with Crippen molar-refractivity contribution in [3.63, 3.8) is 0 Å². The molecule has 33 heavy (non-hydrogen) atoms. The number of anilines is 1. The number of alkyl halides is 3. The molecule has 174 valence electrons. The van der Waals surface area contributed by atoms with Gasteiger partial charge in [0.1, 0.15) is 5.01 Å². The molecule has 0 saturated heterocycles. The Morgan fingerprint density at radius 2 is 1.79 bits per heavy atom. The lowest BCUT2D eigenvalue weighted by Crippen LogP contribution is -2.23. The molecule has 0 aliphatic rings. The molecule has 2 amide bonds. The van der Waals surface area contributed by atoms with Crippen LogP contribution in [0.1, 0.15) is 51.5 Å². The monoisotopic (exact) mass is 479 g/mol. The second kappa shape index (κ2) is 10.9. The minimum absolute atomic E-state index is 0.0936. The molecule has 0 aromatic carbocycles. The number of rotatable bonds is 9. The number of hydrogen-bond donors (Lipinski definition) is 2. The summed E-state index contributed by atoms with van der Waals surface area (Å²) >= 11 is 1.13. The number of hydrogen-bond acceptors (Lipinski definition) is 8. The summed E-state index contributed by atoms with van der Waals surface area (Å²) in [5.74, 6) is -0.336. The predicted octanol–water partition coefficient (Wildman–Crippen LogP) is 3.20. The predicted molar refractivity (Wildman–Crippen MR) is 113 cm³/mol. The van der Waals surface area contributed by atoms with E-state index in [1.807, 2.05) is 0 Å². The van der Waals surface area contributed by atoms with Crippen LogP contribution < -0.4 is 10.6 Å². The maximum atomic E-state index is 12.8. The molecule has 3 aromatic rings. The molecule has 2 N–H and O–H groups in total. The second-order valence-electron chi connectivity index (χ2n) is 7.02. The van der Waals surface area contributed by atoms with Crippen molar-refractivity contribution >= 4 is 29.0 Å². The highest BCUT2D eigenvalue weighted by molar-refractivity contribution is 7.13. The zero-order valence-corrected chi connectivity index (χ0v) is 18.3. The number of amides is 2. The van der Waals surface area contributed by atoms with Gasteiger partial charge < -0.3 is 10.6 Å². The molecule has 0 radical (unpaired) electrons. The highest BCUT2D eigenvalue weighted by atomic mass is 32.1. The molecule has 13 heteroatoms. The van der Waals surface area contributed by atoms with E-state index in [0.29, 0.717) is 23.7 Å². The van der Waals surface area contributed by atoms with Crippen LogP contribution >= 0.6 is 11.3 Å². The van der Waals surface area contributed by atoms with Crippen LogP contribution in [0.4, 0.5) is 19.0 Å². The van der Waals surface area contributed by atoms with Crippen LogP contribution in [0, 0.1) is 0 Å². The molecule has 3 heterocycles. The van der Waals surface area contributed by atoms with Crippen LogP contribution in [-0.4, -0.2) is 37.2 Å². The minimum atomic E-state index is -4.47. The molecule has 3 aromatic heterocycles. The van der Waals surface area contributed by atoms with Crippen LogP contribution in [0.15, 0.2) is 30.5 Å². The summed E-state index contributed by atoms with van der Waals surface area (Å²) in [7, 11) is 0. The Bertz CT molecular complexity index is 1100. The van der Waals surface area contributed by atoms with Crippen molar-refractivity contribution in [1.82, 2.24) is 30.7 Å². The van der Waals surface area contributed by atoms with Gasteiger partial charge in [-0.1, -0.05) is 11.3 Å². The summed E-state index contributed by atoms with van der Waals surface area (Å²) in [5.41, 5.74) is 0.0651. The van der Waals surface area contributed by atoms with Gasteiger partial charge in [0, 0.05) is 19.5 Å². The molecule has 0 bridgehead atoms.